The second-order valence-corrected chi connectivity index (χ2v) is 10.2. The van der Waals surface area contributed by atoms with Crippen molar-refractivity contribution in [2.45, 2.75) is 20.8 Å². The van der Waals surface area contributed by atoms with Gasteiger partial charge in [0.1, 0.15) is 17.5 Å². The van der Waals surface area contributed by atoms with Crippen LogP contribution in [0.2, 0.25) is 0 Å². The van der Waals surface area contributed by atoms with Crippen molar-refractivity contribution in [1.82, 2.24) is 20.0 Å². The molecule has 9 heteroatoms. The van der Waals surface area contributed by atoms with Gasteiger partial charge in [-0.3, -0.25) is 9.89 Å². The maximum absolute atomic E-state index is 6.62. The molecule has 0 atom stereocenters. The fraction of sp³-hybridized carbons (Fsp3) is 0.519. The lowest BCUT2D eigenvalue weighted by Crippen LogP contribution is -2.45. The first-order chi connectivity index (χ1) is 17.4. The first-order valence-electron chi connectivity index (χ1n) is 12.7. The Labute approximate surface area is 220 Å². The Hall–Kier alpha value is -2.52. The van der Waals surface area contributed by atoms with Crippen molar-refractivity contribution in [3.05, 3.63) is 57.9 Å². The molecule has 1 N–H and O–H groups in total. The van der Waals surface area contributed by atoms with Crippen LogP contribution in [0, 0.1) is 0 Å². The number of ether oxygens (including phenoxy) is 1. The minimum absolute atomic E-state index is 0.667. The van der Waals surface area contributed by atoms with Crippen LogP contribution in [-0.4, -0.2) is 105 Å². The van der Waals surface area contributed by atoms with E-state index in [0.29, 0.717) is 17.4 Å². The molecule has 0 aliphatic carbocycles. The highest BCUT2D eigenvalue weighted by atomic mass is 35.5. The number of hydrogen-bond donors (Lipinski definition) is 1. The Bertz CT molecular complexity index is 1050. The van der Waals surface area contributed by atoms with Gasteiger partial charge in [0.2, 0.25) is 0 Å². The normalized spacial score (nSPS) is 23.0. The summed E-state index contributed by atoms with van der Waals surface area (Å²) in [7, 11) is 2.15. The highest BCUT2D eigenvalue weighted by molar-refractivity contribution is 6.34. The summed E-state index contributed by atoms with van der Waals surface area (Å²) in [6.45, 7) is 14.8. The number of amidine groups is 3. The van der Waals surface area contributed by atoms with E-state index in [2.05, 4.69) is 40.9 Å². The number of nitrogens with one attached hydrogen (secondary N) is 1. The SMILES string of the molecule is CC(C)=C1C(=NCCN2CCOCC2)N=C(c2ccccc2)N/C1=N/C(=C(\C)Cl)N1CCN(C)CC1. The number of aliphatic imine (C=N–C) groups is 3. The summed E-state index contributed by atoms with van der Waals surface area (Å²) >= 11 is 6.62. The number of allylic oxidation sites excluding steroid dienone is 2. The first-order valence-corrected chi connectivity index (χ1v) is 13.1. The number of nitrogens with zero attached hydrogens (tertiary/aromatic N) is 6. The van der Waals surface area contributed by atoms with Crippen LogP contribution in [0.25, 0.3) is 0 Å². The van der Waals surface area contributed by atoms with E-state index in [9.17, 15) is 0 Å². The molecule has 0 spiro atoms. The molecular formula is C27H38ClN7O. The van der Waals surface area contributed by atoms with Crippen LogP contribution in [0.3, 0.4) is 0 Å². The van der Waals surface area contributed by atoms with Crippen molar-refractivity contribution in [2.24, 2.45) is 15.0 Å². The van der Waals surface area contributed by atoms with Gasteiger partial charge in [-0.15, -0.1) is 0 Å². The fourth-order valence-electron chi connectivity index (χ4n) is 4.47. The molecule has 36 heavy (non-hydrogen) atoms. The van der Waals surface area contributed by atoms with Gasteiger partial charge >= 0.3 is 0 Å². The summed E-state index contributed by atoms with van der Waals surface area (Å²) in [5.74, 6) is 3.00. The third-order valence-corrected chi connectivity index (χ3v) is 6.74. The molecule has 2 saturated heterocycles. The molecule has 4 rings (SSSR count). The van der Waals surface area contributed by atoms with Crippen molar-refractivity contribution in [2.75, 3.05) is 72.6 Å². The van der Waals surface area contributed by atoms with Crippen molar-refractivity contribution in [1.29, 1.82) is 0 Å². The molecule has 8 nitrogen and oxygen atoms in total. The maximum atomic E-state index is 6.62. The van der Waals surface area contributed by atoms with Crippen molar-refractivity contribution >= 4 is 29.1 Å². The summed E-state index contributed by atoms with van der Waals surface area (Å²) in [5, 5.41) is 4.19. The zero-order chi connectivity index (χ0) is 25.5. The van der Waals surface area contributed by atoms with Gasteiger partial charge in [0.15, 0.2) is 5.84 Å². The average Bonchev–Trinajstić information content (AvgIpc) is 2.88. The minimum Gasteiger partial charge on any atom is -0.379 e. The molecule has 2 fully saturated rings. The number of benzene rings is 1. The molecule has 3 heterocycles. The van der Waals surface area contributed by atoms with Crippen LogP contribution in [0.5, 0.6) is 0 Å². The number of hydrogen-bond acceptors (Lipinski definition) is 6. The molecule has 1 aromatic carbocycles. The molecule has 0 amide bonds. The summed E-state index contributed by atoms with van der Waals surface area (Å²) in [4.78, 5) is 22.0. The predicted molar refractivity (Wildman–Crippen MR) is 149 cm³/mol. The second kappa shape index (κ2) is 12.6. The third-order valence-electron chi connectivity index (χ3n) is 6.57. The van der Waals surface area contributed by atoms with E-state index < -0.39 is 0 Å². The molecule has 0 saturated carbocycles. The molecular weight excluding hydrogens is 474 g/mol. The van der Waals surface area contributed by atoms with Crippen LogP contribution < -0.4 is 5.32 Å². The quantitative estimate of drug-likeness (QED) is 0.635. The maximum Gasteiger partial charge on any atom is 0.160 e. The summed E-state index contributed by atoms with van der Waals surface area (Å²) < 4.78 is 5.48. The van der Waals surface area contributed by atoms with Crippen molar-refractivity contribution < 1.29 is 4.74 Å². The number of morpholine rings is 1. The van der Waals surface area contributed by atoms with Crippen LogP contribution in [0.4, 0.5) is 0 Å². The Morgan fingerprint density at radius 2 is 1.72 bits per heavy atom. The number of likely N-dealkylation sites (N-methyl/N-ethyl adjacent to an activating group) is 1. The van der Waals surface area contributed by atoms with Crippen LogP contribution in [-0.2, 0) is 4.74 Å². The van der Waals surface area contributed by atoms with Gasteiger partial charge in [-0.05, 0) is 27.8 Å². The Morgan fingerprint density at radius 1 is 1.03 bits per heavy atom. The zero-order valence-electron chi connectivity index (χ0n) is 21.9. The number of halogens is 1. The largest absolute Gasteiger partial charge is 0.379 e. The molecule has 0 aromatic heterocycles. The highest BCUT2D eigenvalue weighted by Gasteiger charge is 2.26. The first kappa shape index (κ1) is 26.5. The third kappa shape index (κ3) is 6.82. The van der Waals surface area contributed by atoms with E-state index >= 15 is 0 Å². The number of rotatable bonds is 6. The molecule has 194 valence electrons. The smallest absolute Gasteiger partial charge is 0.160 e. The lowest BCUT2D eigenvalue weighted by molar-refractivity contribution is 0.0394. The topological polar surface area (TPSA) is 68.1 Å². The Kier molecular flexibility index (Phi) is 9.31. The Balaban J connectivity index is 1.69. The van der Waals surface area contributed by atoms with Gasteiger partial charge in [0, 0.05) is 51.4 Å². The molecule has 0 unspecified atom stereocenters. The summed E-state index contributed by atoms with van der Waals surface area (Å²) in [5.41, 5.74) is 3.03. The standard InChI is InChI=1S/C27H38ClN7O/c1-20(2)23-25(29-10-11-34-16-18-36-19-17-34)30-24(22-8-6-5-7-9-22)31-26(23)32-27(21(3)28)35-14-12-33(4)13-15-35/h5-9H,10-19H2,1-4H3,(H,29,30,31,32)/b27-21-. The van der Waals surface area contributed by atoms with Crippen molar-refractivity contribution in [3.63, 3.8) is 0 Å². The summed E-state index contributed by atoms with van der Waals surface area (Å²) in [6.07, 6.45) is 0. The molecule has 0 radical (unpaired) electrons. The average molecular weight is 512 g/mol. The van der Waals surface area contributed by atoms with Gasteiger partial charge < -0.3 is 19.9 Å². The number of piperazine rings is 1. The zero-order valence-corrected chi connectivity index (χ0v) is 22.7. The molecule has 1 aromatic rings. The van der Waals surface area contributed by atoms with Crippen LogP contribution >= 0.6 is 11.6 Å². The van der Waals surface area contributed by atoms with Gasteiger partial charge in [0.25, 0.3) is 0 Å². The lowest BCUT2D eigenvalue weighted by atomic mass is 10.1. The van der Waals surface area contributed by atoms with E-state index in [4.69, 9.17) is 31.3 Å². The van der Waals surface area contributed by atoms with Gasteiger partial charge in [-0.1, -0.05) is 47.5 Å². The van der Waals surface area contributed by atoms with Gasteiger partial charge in [-0.25, -0.2) is 9.98 Å². The molecule has 3 aliphatic heterocycles. The molecule has 3 aliphatic rings. The van der Waals surface area contributed by atoms with Gasteiger partial charge in [-0.2, -0.15) is 0 Å². The fourth-order valence-corrected chi connectivity index (χ4v) is 4.64. The monoisotopic (exact) mass is 511 g/mol. The van der Waals surface area contributed by atoms with Crippen LogP contribution in [0.1, 0.15) is 26.3 Å². The molecule has 0 bridgehead atoms. The van der Waals surface area contributed by atoms with E-state index in [-0.39, 0.29) is 0 Å². The van der Waals surface area contributed by atoms with E-state index in [1.54, 1.807) is 0 Å². The second-order valence-electron chi connectivity index (χ2n) is 9.59. The van der Waals surface area contributed by atoms with Crippen molar-refractivity contribution in [3.8, 4) is 0 Å². The van der Waals surface area contributed by atoms with Crippen LogP contribution in [0.15, 0.2) is 67.3 Å². The lowest BCUT2D eigenvalue weighted by Gasteiger charge is -2.34. The summed E-state index contributed by atoms with van der Waals surface area (Å²) in [6, 6.07) is 10.1. The predicted octanol–water partition coefficient (Wildman–Crippen LogP) is 3.18. The minimum atomic E-state index is 0.667. The van der Waals surface area contributed by atoms with E-state index in [1.807, 2.05) is 37.3 Å². The highest BCUT2D eigenvalue weighted by Crippen LogP contribution is 2.22. The Morgan fingerprint density at radius 3 is 2.36 bits per heavy atom. The van der Waals surface area contributed by atoms with Gasteiger partial charge in [0.05, 0.1) is 30.4 Å². The van der Waals surface area contributed by atoms with E-state index in [0.717, 1.165) is 93.2 Å². The van der Waals surface area contributed by atoms with E-state index in [1.165, 1.54) is 0 Å².